The number of nitriles is 1. The van der Waals surface area contributed by atoms with Gasteiger partial charge in [-0.1, -0.05) is 0 Å². The van der Waals surface area contributed by atoms with E-state index in [4.69, 9.17) is 5.26 Å². The van der Waals surface area contributed by atoms with Crippen molar-refractivity contribution in [2.75, 3.05) is 5.32 Å². The molecule has 0 aromatic carbocycles. The minimum Gasteiger partial charge on any atom is -0.319 e. The summed E-state index contributed by atoms with van der Waals surface area (Å²) in [5, 5.41) is 17.9. The summed E-state index contributed by atoms with van der Waals surface area (Å²) in [6, 6.07) is 4.87. The fraction of sp³-hybridized carbons (Fsp3) is 0.0909. The zero-order valence-corrected chi connectivity index (χ0v) is 9.06. The molecule has 2 rings (SSSR count). The lowest BCUT2D eigenvalue weighted by atomic mass is 10.2. The second-order valence-corrected chi connectivity index (χ2v) is 3.40. The Labute approximate surface area is 97.3 Å². The highest BCUT2D eigenvalue weighted by Gasteiger charge is 2.09. The van der Waals surface area contributed by atoms with Crippen LogP contribution < -0.4 is 5.32 Å². The summed E-state index contributed by atoms with van der Waals surface area (Å²) in [7, 11) is 0. The van der Waals surface area contributed by atoms with Crippen LogP contribution in [0.15, 0.2) is 24.5 Å². The van der Waals surface area contributed by atoms with Gasteiger partial charge in [-0.25, -0.2) is 4.98 Å². The number of anilines is 1. The van der Waals surface area contributed by atoms with Crippen LogP contribution in [0, 0.1) is 18.3 Å². The fourth-order valence-corrected chi connectivity index (χ4v) is 1.30. The van der Waals surface area contributed by atoms with Gasteiger partial charge in [0.25, 0.3) is 5.91 Å². The normalized spacial score (nSPS) is 9.65. The monoisotopic (exact) mass is 227 g/mol. The Morgan fingerprint density at radius 1 is 1.59 bits per heavy atom. The number of aromatic amines is 1. The van der Waals surface area contributed by atoms with E-state index < -0.39 is 0 Å². The van der Waals surface area contributed by atoms with E-state index in [2.05, 4.69) is 20.5 Å². The number of H-pyrrole nitrogens is 1. The van der Waals surface area contributed by atoms with Gasteiger partial charge in [0.2, 0.25) is 0 Å². The molecule has 2 N–H and O–H groups in total. The maximum Gasteiger partial charge on any atom is 0.255 e. The molecule has 6 heteroatoms. The van der Waals surface area contributed by atoms with Crippen LogP contribution in [-0.2, 0) is 0 Å². The summed E-state index contributed by atoms with van der Waals surface area (Å²) < 4.78 is 0. The first-order valence-corrected chi connectivity index (χ1v) is 4.88. The van der Waals surface area contributed by atoms with Crippen LogP contribution in [0.2, 0.25) is 0 Å². The standard InChI is InChI=1S/C11H9N5O/c1-7-10(6-14-16-7)15-11(17)8-2-3-13-9(4-8)5-12/h2-4,6H,1H3,(H,14,16)(H,15,17). The fourth-order valence-electron chi connectivity index (χ4n) is 1.30. The van der Waals surface area contributed by atoms with E-state index in [1.807, 2.05) is 6.07 Å². The van der Waals surface area contributed by atoms with Crippen molar-refractivity contribution in [1.29, 1.82) is 5.26 Å². The van der Waals surface area contributed by atoms with E-state index in [0.717, 1.165) is 5.69 Å². The predicted octanol–water partition coefficient (Wildman–Crippen LogP) is 1.24. The van der Waals surface area contributed by atoms with E-state index in [0.29, 0.717) is 11.3 Å². The molecule has 0 atom stereocenters. The highest BCUT2D eigenvalue weighted by molar-refractivity contribution is 6.04. The minimum atomic E-state index is -0.298. The predicted molar refractivity (Wildman–Crippen MR) is 60.2 cm³/mol. The Bertz CT molecular complexity index is 596. The van der Waals surface area contributed by atoms with Gasteiger partial charge in [-0.15, -0.1) is 0 Å². The van der Waals surface area contributed by atoms with Gasteiger partial charge in [0.1, 0.15) is 11.8 Å². The zero-order chi connectivity index (χ0) is 12.3. The molecular formula is C11H9N5O. The van der Waals surface area contributed by atoms with E-state index >= 15 is 0 Å². The van der Waals surface area contributed by atoms with Gasteiger partial charge >= 0.3 is 0 Å². The van der Waals surface area contributed by atoms with Crippen LogP contribution in [0.3, 0.4) is 0 Å². The lowest BCUT2D eigenvalue weighted by Gasteiger charge is -2.03. The molecule has 0 unspecified atom stereocenters. The van der Waals surface area contributed by atoms with Crippen molar-refractivity contribution in [3.63, 3.8) is 0 Å². The van der Waals surface area contributed by atoms with Crippen molar-refractivity contribution in [2.24, 2.45) is 0 Å². The number of aromatic nitrogens is 3. The first-order chi connectivity index (χ1) is 8.20. The molecule has 17 heavy (non-hydrogen) atoms. The number of amides is 1. The van der Waals surface area contributed by atoms with Crippen molar-refractivity contribution in [3.8, 4) is 6.07 Å². The first-order valence-electron chi connectivity index (χ1n) is 4.88. The second-order valence-electron chi connectivity index (χ2n) is 3.40. The summed E-state index contributed by atoms with van der Waals surface area (Å²) in [6.07, 6.45) is 2.95. The topological polar surface area (TPSA) is 94.5 Å². The zero-order valence-electron chi connectivity index (χ0n) is 9.06. The number of nitrogens with zero attached hydrogens (tertiary/aromatic N) is 3. The van der Waals surface area contributed by atoms with E-state index in [1.165, 1.54) is 18.5 Å². The van der Waals surface area contributed by atoms with Gasteiger partial charge in [-0.05, 0) is 19.1 Å². The number of nitrogens with one attached hydrogen (secondary N) is 2. The SMILES string of the molecule is Cc1[nH]ncc1NC(=O)c1ccnc(C#N)c1. The average molecular weight is 227 g/mol. The van der Waals surface area contributed by atoms with Crippen LogP contribution in [0.1, 0.15) is 21.7 Å². The van der Waals surface area contributed by atoms with Gasteiger partial charge in [0, 0.05) is 11.8 Å². The van der Waals surface area contributed by atoms with Gasteiger partial charge < -0.3 is 5.32 Å². The van der Waals surface area contributed by atoms with Crippen molar-refractivity contribution < 1.29 is 4.79 Å². The molecule has 0 spiro atoms. The third-order valence-electron chi connectivity index (χ3n) is 2.21. The van der Waals surface area contributed by atoms with Crippen molar-refractivity contribution in [1.82, 2.24) is 15.2 Å². The molecule has 0 saturated carbocycles. The number of carbonyl (C=O) groups excluding carboxylic acids is 1. The Morgan fingerprint density at radius 2 is 2.41 bits per heavy atom. The summed E-state index contributed by atoms with van der Waals surface area (Å²) in [4.78, 5) is 15.6. The third-order valence-corrected chi connectivity index (χ3v) is 2.21. The smallest absolute Gasteiger partial charge is 0.255 e. The van der Waals surface area contributed by atoms with E-state index in [-0.39, 0.29) is 11.6 Å². The number of hydrogen-bond acceptors (Lipinski definition) is 4. The van der Waals surface area contributed by atoms with Gasteiger partial charge in [-0.3, -0.25) is 9.89 Å². The molecule has 84 valence electrons. The number of pyridine rings is 1. The molecule has 2 aromatic rings. The lowest BCUT2D eigenvalue weighted by molar-refractivity contribution is 0.102. The first kappa shape index (κ1) is 10.8. The molecule has 0 fully saturated rings. The molecule has 0 radical (unpaired) electrons. The Balaban J connectivity index is 2.21. The molecular weight excluding hydrogens is 218 g/mol. The van der Waals surface area contributed by atoms with Crippen molar-refractivity contribution in [2.45, 2.75) is 6.92 Å². The molecule has 0 saturated heterocycles. The maximum atomic E-state index is 11.8. The van der Waals surface area contributed by atoms with E-state index in [9.17, 15) is 4.79 Å². The number of aryl methyl sites for hydroxylation is 1. The van der Waals surface area contributed by atoms with Crippen molar-refractivity contribution in [3.05, 3.63) is 41.5 Å². The third kappa shape index (κ3) is 2.29. The summed E-state index contributed by atoms with van der Waals surface area (Å²) >= 11 is 0. The molecule has 0 bridgehead atoms. The molecule has 0 aliphatic carbocycles. The minimum absolute atomic E-state index is 0.210. The van der Waals surface area contributed by atoms with Gasteiger partial charge in [-0.2, -0.15) is 10.4 Å². The molecule has 2 heterocycles. The van der Waals surface area contributed by atoms with Crippen LogP contribution in [0.25, 0.3) is 0 Å². The molecule has 2 aromatic heterocycles. The van der Waals surface area contributed by atoms with Crippen LogP contribution in [0.5, 0.6) is 0 Å². The van der Waals surface area contributed by atoms with Gasteiger partial charge in [0.15, 0.2) is 0 Å². The van der Waals surface area contributed by atoms with E-state index in [1.54, 1.807) is 13.0 Å². The maximum absolute atomic E-state index is 11.8. The quantitative estimate of drug-likeness (QED) is 0.806. The number of rotatable bonds is 2. The largest absolute Gasteiger partial charge is 0.319 e. The highest BCUT2D eigenvalue weighted by atomic mass is 16.1. The Hall–Kier alpha value is -2.68. The second kappa shape index (κ2) is 4.45. The summed E-state index contributed by atoms with van der Waals surface area (Å²) in [5.41, 5.74) is 1.98. The highest BCUT2D eigenvalue weighted by Crippen LogP contribution is 2.11. The van der Waals surface area contributed by atoms with Gasteiger partial charge in [0.05, 0.1) is 17.6 Å². The average Bonchev–Trinajstić information content (AvgIpc) is 2.75. The molecule has 1 amide bonds. The van der Waals surface area contributed by atoms with Crippen molar-refractivity contribution >= 4 is 11.6 Å². The number of carbonyl (C=O) groups is 1. The Morgan fingerprint density at radius 3 is 3.06 bits per heavy atom. The Kier molecular flexibility index (Phi) is 2.83. The molecule has 0 aliphatic heterocycles. The molecule has 0 aliphatic rings. The van der Waals surface area contributed by atoms with Crippen LogP contribution in [0.4, 0.5) is 5.69 Å². The van der Waals surface area contributed by atoms with Crippen LogP contribution >= 0.6 is 0 Å². The summed E-state index contributed by atoms with van der Waals surface area (Å²) in [6.45, 7) is 1.80. The summed E-state index contributed by atoms with van der Waals surface area (Å²) in [5.74, 6) is -0.298. The number of hydrogen-bond donors (Lipinski definition) is 2. The molecule has 6 nitrogen and oxygen atoms in total. The lowest BCUT2D eigenvalue weighted by Crippen LogP contribution is -2.12. The van der Waals surface area contributed by atoms with Crippen LogP contribution in [-0.4, -0.2) is 21.1 Å².